The van der Waals surface area contributed by atoms with Gasteiger partial charge in [0, 0.05) is 17.0 Å². The Morgan fingerprint density at radius 2 is 2.00 bits per heavy atom. The summed E-state index contributed by atoms with van der Waals surface area (Å²) in [6, 6.07) is 8.15. The Morgan fingerprint density at radius 3 is 2.65 bits per heavy atom. The summed E-state index contributed by atoms with van der Waals surface area (Å²) in [6.07, 6.45) is 0.253. The lowest BCUT2D eigenvalue weighted by Gasteiger charge is -2.08. The second kappa shape index (κ2) is 5.94. The largest absolute Gasteiger partial charge is 0.295 e. The highest BCUT2D eigenvalue weighted by molar-refractivity contribution is 7.19. The van der Waals surface area contributed by atoms with Gasteiger partial charge in [-0.2, -0.15) is 5.26 Å². The van der Waals surface area contributed by atoms with E-state index in [4.69, 9.17) is 5.26 Å². The van der Waals surface area contributed by atoms with Gasteiger partial charge in [-0.05, 0) is 31.5 Å². The second-order valence-electron chi connectivity index (χ2n) is 5.24. The van der Waals surface area contributed by atoms with E-state index >= 15 is 0 Å². The lowest BCUT2D eigenvalue weighted by molar-refractivity contribution is 0.628. The van der Waals surface area contributed by atoms with E-state index in [1.54, 1.807) is 19.1 Å². The monoisotopic (exact) mass is 327 g/mol. The van der Waals surface area contributed by atoms with Gasteiger partial charge in [-0.15, -0.1) is 11.3 Å². The van der Waals surface area contributed by atoms with E-state index < -0.39 is 0 Å². The van der Waals surface area contributed by atoms with Crippen LogP contribution in [0.15, 0.2) is 29.1 Å². The van der Waals surface area contributed by atoms with Gasteiger partial charge in [0.25, 0.3) is 5.56 Å². The van der Waals surface area contributed by atoms with E-state index in [0.29, 0.717) is 22.6 Å². The normalized spacial score (nSPS) is 10.9. The van der Waals surface area contributed by atoms with Crippen LogP contribution in [0.5, 0.6) is 0 Å². The quantitative estimate of drug-likeness (QED) is 0.735. The molecule has 3 rings (SSSR count). The third-order valence-corrected chi connectivity index (χ3v) is 4.76. The molecule has 4 nitrogen and oxygen atoms in total. The van der Waals surface area contributed by atoms with Crippen molar-refractivity contribution in [3.63, 3.8) is 0 Å². The van der Waals surface area contributed by atoms with Gasteiger partial charge in [-0.25, -0.2) is 9.37 Å². The molecule has 6 heteroatoms. The molecule has 0 fully saturated rings. The van der Waals surface area contributed by atoms with Crippen LogP contribution in [0.2, 0.25) is 0 Å². The third-order valence-electron chi connectivity index (χ3n) is 3.76. The topological polar surface area (TPSA) is 58.7 Å². The second-order valence-corrected chi connectivity index (χ2v) is 6.45. The molecule has 23 heavy (non-hydrogen) atoms. The molecule has 116 valence electrons. The molecule has 2 heterocycles. The SMILES string of the molecule is Cc1sc2nc(C)n(CCC#N)c(=O)c2c1-c1ccc(F)cc1. The first-order valence-corrected chi connectivity index (χ1v) is 7.98. The number of nitriles is 1. The van der Waals surface area contributed by atoms with Crippen LogP contribution < -0.4 is 5.56 Å². The van der Waals surface area contributed by atoms with Crippen molar-refractivity contribution < 1.29 is 4.39 Å². The van der Waals surface area contributed by atoms with Gasteiger partial charge in [-0.1, -0.05) is 12.1 Å². The Hall–Kier alpha value is -2.52. The van der Waals surface area contributed by atoms with Crippen LogP contribution >= 0.6 is 11.3 Å². The summed E-state index contributed by atoms with van der Waals surface area (Å²) in [5, 5.41) is 9.31. The van der Waals surface area contributed by atoms with Crippen LogP contribution in [0, 0.1) is 31.0 Å². The van der Waals surface area contributed by atoms with Crippen molar-refractivity contribution in [3.8, 4) is 17.2 Å². The van der Waals surface area contributed by atoms with E-state index in [1.165, 1.54) is 28.0 Å². The Kier molecular flexibility index (Phi) is 3.97. The van der Waals surface area contributed by atoms with Gasteiger partial charge >= 0.3 is 0 Å². The van der Waals surface area contributed by atoms with Gasteiger partial charge in [0.2, 0.25) is 0 Å². The molecule has 0 atom stereocenters. The zero-order chi connectivity index (χ0) is 16.6. The molecule has 0 aliphatic heterocycles. The van der Waals surface area contributed by atoms with Crippen molar-refractivity contribution in [2.75, 3.05) is 0 Å². The molecule has 0 saturated heterocycles. The molecule has 0 radical (unpaired) electrons. The summed E-state index contributed by atoms with van der Waals surface area (Å²) in [7, 11) is 0. The molecule has 2 aromatic heterocycles. The highest BCUT2D eigenvalue weighted by Gasteiger charge is 2.18. The smallest absolute Gasteiger partial charge is 0.262 e. The van der Waals surface area contributed by atoms with Crippen molar-refractivity contribution in [1.29, 1.82) is 5.26 Å². The van der Waals surface area contributed by atoms with Crippen LogP contribution in [0.25, 0.3) is 21.3 Å². The van der Waals surface area contributed by atoms with Crippen molar-refractivity contribution in [1.82, 2.24) is 9.55 Å². The highest BCUT2D eigenvalue weighted by atomic mass is 32.1. The van der Waals surface area contributed by atoms with Crippen LogP contribution in [0.3, 0.4) is 0 Å². The average Bonchev–Trinajstić information content (AvgIpc) is 2.84. The number of nitrogens with zero attached hydrogens (tertiary/aromatic N) is 3. The molecule has 1 aromatic carbocycles. The van der Waals surface area contributed by atoms with Crippen LogP contribution in [0.4, 0.5) is 4.39 Å². The van der Waals surface area contributed by atoms with Crippen molar-refractivity contribution in [2.24, 2.45) is 0 Å². The Morgan fingerprint density at radius 1 is 1.30 bits per heavy atom. The van der Waals surface area contributed by atoms with Crippen LogP contribution in [0.1, 0.15) is 17.1 Å². The fourth-order valence-electron chi connectivity index (χ4n) is 2.69. The maximum atomic E-state index is 13.2. The summed E-state index contributed by atoms with van der Waals surface area (Å²) in [4.78, 5) is 19.0. The van der Waals surface area contributed by atoms with Gasteiger partial charge < -0.3 is 0 Å². The molecule has 0 amide bonds. The summed E-state index contributed by atoms with van der Waals surface area (Å²) < 4.78 is 14.7. The molecule has 0 bridgehead atoms. The fourth-order valence-corrected chi connectivity index (χ4v) is 3.77. The van der Waals surface area contributed by atoms with Crippen molar-refractivity contribution >= 4 is 21.6 Å². The number of thiophene rings is 1. The maximum absolute atomic E-state index is 13.2. The number of aromatic nitrogens is 2. The number of hydrogen-bond donors (Lipinski definition) is 0. The van der Waals surface area contributed by atoms with Crippen LogP contribution in [-0.4, -0.2) is 9.55 Å². The number of aryl methyl sites for hydroxylation is 2. The number of fused-ring (bicyclic) bond motifs is 1. The van der Waals surface area contributed by atoms with E-state index in [9.17, 15) is 9.18 Å². The summed E-state index contributed by atoms with van der Waals surface area (Å²) in [5.74, 6) is 0.288. The maximum Gasteiger partial charge on any atom is 0.262 e. The Bertz CT molecular complexity index is 980. The molecule has 0 aliphatic carbocycles. The summed E-state index contributed by atoms with van der Waals surface area (Å²) >= 11 is 1.46. The van der Waals surface area contributed by atoms with Gasteiger partial charge in [0.1, 0.15) is 16.5 Å². The molecule has 3 aromatic rings. The van der Waals surface area contributed by atoms with Crippen LogP contribution in [-0.2, 0) is 6.54 Å². The molecule has 0 saturated carbocycles. The Balaban J connectivity index is 2.31. The van der Waals surface area contributed by atoms with E-state index in [-0.39, 0.29) is 17.8 Å². The predicted octanol–water partition coefficient (Wildman–Crippen LogP) is 3.79. The first-order valence-electron chi connectivity index (χ1n) is 7.16. The first kappa shape index (κ1) is 15.4. The fraction of sp³-hybridized carbons (Fsp3) is 0.235. The van der Waals surface area contributed by atoms with Gasteiger partial charge in [-0.3, -0.25) is 9.36 Å². The molecule has 0 aliphatic rings. The zero-order valence-corrected chi connectivity index (χ0v) is 13.6. The third kappa shape index (κ3) is 2.64. The van der Waals surface area contributed by atoms with Crippen molar-refractivity contribution in [3.05, 3.63) is 51.1 Å². The standard InChI is InChI=1S/C17H14FN3OS/c1-10-14(12-4-6-13(18)7-5-12)15-16(23-10)20-11(2)21(17(15)22)9-3-8-19/h4-7H,3,9H2,1-2H3. The number of hydrogen-bond acceptors (Lipinski definition) is 4. The van der Waals surface area contributed by atoms with Crippen molar-refractivity contribution in [2.45, 2.75) is 26.8 Å². The molecular weight excluding hydrogens is 313 g/mol. The number of benzene rings is 1. The average molecular weight is 327 g/mol. The van der Waals surface area contributed by atoms with Gasteiger partial charge in [0.05, 0.1) is 17.9 Å². The van der Waals surface area contributed by atoms with E-state index in [2.05, 4.69) is 4.98 Å². The summed E-state index contributed by atoms with van der Waals surface area (Å²) in [6.45, 7) is 4.02. The minimum atomic E-state index is -0.314. The number of rotatable bonds is 3. The van der Waals surface area contributed by atoms with E-state index in [0.717, 1.165) is 16.0 Å². The minimum absolute atomic E-state index is 0.147. The Labute approximate surface area is 136 Å². The van der Waals surface area contributed by atoms with Gasteiger partial charge in [0.15, 0.2) is 0 Å². The predicted molar refractivity (Wildman–Crippen MR) is 89.0 cm³/mol. The first-order chi connectivity index (χ1) is 11.0. The zero-order valence-electron chi connectivity index (χ0n) is 12.8. The lowest BCUT2D eigenvalue weighted by atomic mass is 10.0. The molecule has 0 unspecified atom stereocenters. The molecule has 0 spiro atoms. The molecule has 0 N–H and O–H groups in total. The highest BCUT2D eigenvalue weighted by Crippen LogP contribution is 2.35. The summed E-state index contributed by atoms with van der Waals surface area (Å²) in [5.41, 5.74) is 1.45. The molecular formula is C17H14FN3OS. The van der Waals surface area contributed by atoms with E-state index in [1.807, 2.05) is 13.0 Å². The number of halogens is 1. The lowest BCUT2D eigenvalue weighted by Crippen LogP contribution is -2.23. The minimum Gasteiger partial charge on any atom is -0.295 e.